The number of para-hydroxylation sites is 1. The average molecular weight is 334 g/mol. The quantitative estimate of drug-likeness (QED) is 0.804. The Kier molecular flexibility index (Phi) is 4.43. The van der Waals surface area contributed by atoms with Crippen LogP contribution in [0.5, 0.6) is 0 Å². The fourth-order valence-electron chi connectivity index (χ4n) is 1.37. The molecule has 0 saturated carbocycles. The van der Waals surface area contributed by atoms with Crippen molar-refractivity contribution >= 4 is 27.7 Å². The van der Waals surface area contributed by atoms with Gasteiger partial charge in [-0.2, -0.15) is 25.3 Å². The molecule has 0 spiro atoms. The van der Waals surface area contributed by atoms with Gasteiger partial charge in [-0.3, -0.25) is 0 Å². The summed E-state index contributed by atoms with van der Waals surface area (Å²) in [7, 11) is -5.53. The molecule has 1 aromatic heterocycles. The van der Waals surface area contributed by atoms with Crippen LogP contribution >= 0.6 is 11.9 Å². The van der Waals surface area contributed by atoms with Gasteiger partial charge >= 0.3 is 15.5 Å². The summed E-state index contributed by atoms with van der Waals surface area (Å²) in [4.78, 5) is 3.83. The number of hydrogen-bond donors (Lipinski definition) is 0. The molecule has 0 aliphatic carbocycles. The zero-order valence-electron chi connectivity index (χ0n) is 10.4. The number of alkyl halides is 3. The number of nitrogens with zero attached hydrogens (tertiary/aromatic N) is 2. The molecule has 0 aliphatic heterocycles. The molecule has 1 heterocycles. The predicted molar refractivity (Wildman–Crippen MR) is 74.0 cm³/mol. The Hall–Kier alpha value is -1.74. The van der Waals surface area contributed by atoms with Crippen molar-refractivity contribution in [2.45, 2.75) is 10.5 Å². The van der Waals surface area contributed by atoms with E-state index in [2.05, 4.69) is 4.98 Å². The van der Waals surface area contributed by atoms with Crippen molar-refractivity contribution in [1.29, 1.82) is 0 Å². The molecule has 0 atom stereocenters. The van der Waals surface area contributed by atoms with Crippen LogP contribution in [0.15, 0.2) is 59.8 Å². The Morgan fingerprint density at radius 3 is 2.14 bits per heavy atom. The molecular formula is C12H9F3N2O2S2. The molecule has 0 unspecified atom stereocenters. The molecule has 0 radical (unpaired) electrons. The van der Waals surface area contributed by atoms with Crippen molar-refractivity contribution in [2.24, 2.45) is 0 Å². The van der Waals surface area contributed by atoms with Crippen molar-refractivity contribution < 1.29 is 21.6 Å². The first-order chi connectivity index (χ1) is 9.82. The Morgan fingerprint density at radius 2 is 1.62 bits per heavy atom. The summed E-state index contributed by atoms with van der Waals surface area (Å²) in [6, 6.07) is 11.6. The van der Waals surface area contributed by atoms with Gasteiger partial charge < -0.3 is 0 Å². The monoisotopic (exact) mass is 334 g/mol. The number of anilines is 1. The number of halogens is 3. The molecule has 2 aromatic rings. The van der Waals surface area contributed by atoms with Crippen molar-refractivity contribution in [1.82, 2.24) is 4.98 Å². The molecule has 21 heavy (non-hydrogen) atoms. The third-order valence-electron chi connectivity index (χ3n) is 2.29. The summed E-state index contributed by atoms with van der Waals surface area (Å²) in [6.07, 6.45) is 1.37. The third kappa shape index (κ3) is 3.48. The number of sulfonamides is 1. The van der Waals surface area contributed by atoms with E-state index >= 15 is 0 Å². The van der Waals surface area contributed by atoms with Gasteiger partial charge in [0.05, 0.1) is 5.69 Å². The smallest absolute Gasteiger partial charge is 0.248 e. The lowest BCUT2D eigenvalue weighted by atomic mass is 10.3. The molecule has 4 nitrogen and oxygen atoms in total. The first kappa shape index (κ1) is 15.6. The van der Waals surface area contributed by atoms with Crippen molar-refractivity contribution in [2.75, 3.05) is 3.71 Å². The van der Waals surface area contributed by atoms with Crippen LogP contribution in [0.2, 0.25) is 0 Å². The van der Waals surface area contributed by atoms with Crippen LogP contribution in [0.25, 0.3) is 0 Å². The summed E-state index contributed by atoms with van der Waals surface area (Å²) in [5.74, 6) is 0. The minimum Gasteiger partial charge on any atom is -0.248 e. The SMILES string of the molecule is O=S(=O)(N(Sc1ccccn1)c1ccccc1)C(F)(F)F. The van der Waals surface area contributed by atoms with Crippen molar-refractivity contribution in [3.8, 4) is 0 Å². The van der Waals surface area contributed by atoms with Crippen LogP contribution in [-0.4, -0.2) is 18.9 Å². The minimum absolute atomic E-state index is 0.106. The zero-order chi connectivity index (χ0) is 15.5. The van der Waals surface area contributed by atoms with Crippen molar-refractivity contribution in [3.63, 3.8) is 0 Å². The zero-order valence-corrected chi connectivity index (χ0v) is 12.0. The maximum absolute atomic E-state index is 12.8. The van der Waals surface area contributed by atoms with Gasteiger partial charge in [-0.1, -0.05) is 24.3 Å². The Labute approximate surface area is 123 Å². The fourth-order valence-corrected chi connectivity index (χ4v) is 3.48. The molecule has 0 bridgehead atoms. The topological polar surface area (TPSA) is 50.3 Å². The second kappa shape index (κ2) is 5.94. The molecule has 2 rings (SSSR count). The summed E-state index contributed by atoms with van der Waals surface area (Å²) >= 11 is 0.390. The molecule has 0 aliphatic rings. The first-order valence-electron chi connectivity index (χ1n) is 5.58. The lowest BCUT2D eigenvalue weighted by Crippen LogP contribution is -2.36. The van der Waals surface area contributed by atoms with E-state index < -0.39 is 15.5 Å². The van der Waals surface area contributed by atoms with E-state index in [1.54, 1.807) is 18.2 Å². The first-order valence-corrected chi connectivity index (χ1v) is 7.79. The predicted octanol–water partition coefficient (Wildman–Crippen LogP) is 3.44. The molecule has 9 heteroatoms. The molecule has 0 amide bonds. The standard InChI is InChI=1S/C12H9F3N2O2S2/c13-12(14,15)21(18,19)17(10-6-2-1-3-7-10)20-11-8-4-5-9-16-11/h1-9H. The molecule has 0 fully saturated rings. The van der Waals surface area contributed by atoms with Crippen LogP contribution in [0.4, 0.5) is 18.9 Å². The van der Waals surface area contributed by atoms with Crippen molar-refractivity contribution in [3.05, 3.63) is 54.7 Å². The van der Waals surface area contributed by atoms with Gasteiger partial charge in [-0.05, 0) is 24.3 Å². The maximum atomic E-state index is 12.8. The summed E-state index contributed by atoms with van der Waals surface area (Å²) in [5.41, 5.74) is -5.50. The molecule has 112 valence electrons. The van der Waals surface area contributed by atoms with E-state index in [0.717, 1.165) is 0 Å². The molecule has 1 aromatic carbocycles. The van der Waals surface area contributed by atoms with Gasteiger partial charge in [0.2, 0.25) is 0 Å². The lowest BCUT2D eigenvalue weighted by molar-refractivity contribution is -0.0433. The van der Waals surface area contributed by atoms with Crippen LogP contribution < -0.4 is 3.71 Å². The second-order valence-electron chi connectivity index (χ2n) is 3.77. The normalized spacial score (nSPS) is 12.1. The highest BCUT2D eigenvalue weighted by molar-refractivity contribution is 8.14. The average Bonchev–Trinajstić information content (AvgIpc) is 2.45. The van der Waals surface area contributed by atoms with E-state index in [1.165, 1.54) is 36.5 Å². The fraction of sp³-hybridized carbons (Fsp3) is 0.0833. The number of aromatic nitrogens is 1. The third-order valence-corrected chi connectivity index (χ3v) is 5.14. The van der Waals surface area contributed by atoms with E-state index in [0.29, 0.717) is 11.9 Å². The van der Waals surface area contributed by atoms with E-state index in [4.69, 9.17) is 0 Å². The van der Waals surface area contributed by atoms with Gasteiger partial charge in [0.25, 0.3) is 0 Å². The maximum Gasteiger partial charge on any atom is 0.517 e. The molecular weight excluding hydrogens is 325 g/mol. The Morgan fingerprint density at radius 1 is 1.00 bits per heavy atom. The van der Waals surface area contributed by atoms with Gasteiger partial charge in [0.15, 0.2) is 0 Å². The van der Waals surface area contributed by atoms with E-state index in [-0.39, 0.29) is 14.4 Å². The second-order valence-corrected chi connectivity index (χ2v) is 6.75. The number of pyridine rings is 1. The highest BCUT2D eigenvalue weighted by atomic mass is 32.3. The Balaban J connectivity index is 2.46. The number of benzene rings is 1. The van der Waals surface area contributed by atoms with Crippen LogP contribution in [0, 0.1) is 0 Å². The summed E-state index contributed by atoms with van der Waals surface area (Å²) in [5, 5.41) is 0.133. The van der Waals surface area contributed by atoms with Gasteiger partial charge in [-0.25, -0.2) is 4.98 Å². The van der Waals surface area contributed by atoms with Crippen LogP contribution in [0.3, 0.4) is 0 Å². The number of hydrogen-bond acceptors (Lipinski definition) is 4. The summed E-state index contributed by atoms with van der Waals surface area (Å²) in [6.45, 7) is 0. The van der Waals surface area contributed by atoms with Crippen LogP contribution in [-0.2, 0) is 10.0 Å². The number of rotatable bonds is 4. The van der Waals surface area contributed by atoms with Gasteiger partial charge in [-0.15, -0.1) is 0 Å². The van der Waals surface area contributed by atoms with Gasteiger partial charge in [0, 0.05) is 18.1 Å². The lowest BCUT2D eigenvalue weighted by Gasteiger charge is -2.23. The summed E-state index contributed by atoms with van der Waals surface area (Å²) < 4.78 is 62.1. The highest BCUT2D eigenvalue weighted by Gasteiger charge is 2.51. The molecule has 0 saturated heterocycles. The van der Waals surface area contributed by atoms with Crippen LogP contribution in [0.1, 0.15) is 0 Å². The molecule has 0 N–H and O–H groups in total. The Bertz CT molecular complexity index is 691. The van der Waals surface area contributed by atoms with Gasteiger partial charge in [0.1, 0.15) is 5.03 Å². The highest BCUT2D eigenvalue weighted by Crippen LogP contribution is 2.37. The van der Waals surface area contributed by atoms with E-state index in [9.17, 15) is 21.6 Å². The minimum atomic E-state index is -5.53. The van der Waals surface area contributed by atoms with E-state index in [1.807, 2.05) is 0 Å². The largest absolute Gasteiger partial charge is 0.517 e.